The van der Waals surface area contributed by atoms with Gasteiger partial charge in [0.1, 0.15) is 5.70 Å². The van der Waals surface area contributed by atoms with Crippen LogP contribution in [0.5, 0.6) is 0 Å². The molecule has 1 fully saturated rings. The average molecular weight is 385 g/mol. The molecule has 0 aromatic heterocycles. The first-order chi connectivity index (χ1) is 13.1. The van der Waals surface area contributed by atoms with Crippen molar-refractivity contribution in [1.29, 1.82) is 0 Å². The topological polar surface area (TPSA) is 67.4 Å². The number of hydrogen-bond acceptors (Lipinski definition) is 3. The van der Waals surface area contributed by atoms with Gasteiger partial charge in [0, 0.05) is 23.7 Å². The normalized spacial score (nSPS) is 16.8. The van der Waals surface area contributed by atoms with Crippen LogP contribution in [-0.4, -0.2) is 31.1 Å². The summed E-state index contributed by atoms with van der Waals surface area (Å²) in [5.41, 5.74) is 1.41. The van der Waals surface area contributed by atoms with Gasteiger partial charge in [0.2, 0.25) is 0 Å². The van der Waals surface area contributed by atoms with Crippen molar-refractivity contribution in [2.24, 2.45) is 0 Å². The van der Waals surface area contributed by atoms with E-state index >= 15 is 0 Å². The molecule has 6 heteroatoms. The second-order valence-corrected chi connectivity index (χ2v) is 6.71. The maximum absolute atomic E-state index is 12.7. The molecule has 1 aliphatic rings. The van der Waals surface area contributed by atoms with Crippen LogP contribution in [0.4, 0.5) is 0 Å². The summed E-state index contributed by atoms with van der Waals surface area (Å²) in [4.78, 5) is 25.1. The quantitative estimate of drug-likeness (QED) is 0.750. The van der Waals surface area contributed by atoms with E-state index < -0.39 is 0 Å². The lowest BCUT2D eigenvalue weighted by atomic mass is 10.1. The number of benzene rings is 2. The summed E-state index contributed by atoms with van der Waals surface area (Å²) in [6, 6.07) is 15.8. The standard InChI is InChI=1S/C21H21ClN2O3/c22-17-10-8-15(9-11-17)13-19(21(26)23-14-18-7-4-12-27-18)24-20(25)16-5-2-1-3-6-16/h1-3,5-6,8-11,13,18H,4,7,12,14H2,(H,23,26)(H,24,25)/b19-13-/t18-/m1/s1. The summed E-state index contributed by atoms with van der Waals surface area (Å²) in [5.74, 6) is -0.701. The van der Waals surface area contributed by atoms with Crippen molar-refractivity contribution in [2.45, 2.75) is 18.9 Å². The smallest absolute Gasteiger partial charge is 0.267 e. The molecule has 1 aliphatic heterocycles. The molecule has 0 saturated carbocycles. The van der Waals surface area contributed by atoms with Crippen molar-refractivity contribution in [2.75, 3.05) is 13.2 Å². The van der Waals surface area contributed by atoms with Crippen LogP contribution in [0.25, 0.3) is 6.08 Å². The monoisotopic (exact) mass is 384 g/mol. The Kier molecular flexibility index (Phi) is 6.63. The molecule has 1 atom stereocenters. The molecular formula is C21H21ClN2O3. The van der Waals surface area contributed by atoms with Crippen LogP contribution in [0.2, 0.25) is 5.02 Å². The van der Waals surface area contributed by atoms with Crippen molar-refractivity contribution in [3.63, 3.8) is 0 Å². The van der Waals surface area contributed by atoms with Crippen LogP contribution >= 0.6 is 11.6 Å². The number of nitrogens with one attached hydrogen (secondary N) is 2. The first-order valence-corrected chi connectivity index (χ1v) is 9.23. The second kappa shape index (κ2) is 9.35. The molecule has 1 heterocycles. The number of carbonyl (C=O) groups is 2. The Morgan fingerprint density at radius 2 is 1.85 bits per heavy atom. The Hall–Kier alpha value is -2.63. The number of amides is 2. The largest absolute Gasteiger partial charge is 0.376 e. The average Bonchev–Trinajstić information content (AvgIpc) is 3.21. The minimum atomic E-state index is -0.357. The van der Waals surface area contributed by atoms with E-state index in [0.29, 0.717) is 17.1 Å². The van der Waals surface area contributed by atoms with E-state index in [4.69, 9.17) is 16.3 Å². The lowest BCUT2D eigenvalue weighted by Gasteiger charge is -2.14. The van der Waals surface area contributed by atoms with E-state index in [1.54, 1.807) is 54.6 Å². The predicted molar refractivity (Wildman–Crippen MR) is 105 cm³/mol. The van der Waals surface area contributed by atoms with Crippen LogP contribution in [0.1, 0.15) is 28.8 Å². The molecule has 0 spiro atoms. The van der Waals surface area contributed by atoms with E-state index in [-0.39, 0.29) is 23.6 Å². The second-order valence-electron chi connectivity index (χ2n) is 6.27. The summed E-state index contributed by atoms with van der Waals surface area (Å²) in [5, 5.41) is 6.15. The van der Waals surface area contributed by atoms with Crippen LogP contribution in [0.15, 0.2) is 60.3 Å². The Labute approximate surface area is 163 Å². The van der Waals surface area contributed by atoms with Gasteiger partial charge in [0.15, 0.2) is 0 Å². The molecule has 2 N–H and O–H groups in total. The maximum Gasteiger partial charge on any atom is 0.267 e. The van der Waals surface area contributed by atoms with E-state index in [2.05, 4.69) is 10.6 Å². The van der Waals surface area contributed by atoms with Crippen molar-refractivity contribution in [3.05, 3.63) is 76.4 Å². The Morgan fingerprint density at radius 3 is 2.52 bits per heavy atom. The molecule has 2 aromatic rings. The van der Waals surface area contributed by atoms with Gasteiger partial charge in [-0.2, -0.15) is 0 Å². The highest BCUT2D eigenvalue weighted by atomic mass is 35.5. The Bertz CT molecular complexity index is 813. The molecule has 0 unspecified atom stereocenters. The zero-order valence-electron chi connectivity index (χ0n) is 14.8. The van der Waals surface area contributed by atoms with E-state index in [9.17, 15) is 9.59 Å². The number of hydrogen-bond donors (Lipinski definition) is 2. The molecule has 3 rings (SSSR count). The van der Waals surface area contributed by atoms with Gasteiger partial charge in [0.05, 0.1) is 6.10 Å². The zero-order valence-corrected chi connectivity index (χ0v) is 15.5. The van der Waals surface area contributed by atoms with Crippen LogP contribution in [0.3, 0.4) is 0 Å². The van der Waals surface area contributed by atoms with E-state index in [1.807, 2.05) is 6.07 Å². The fraction of sp³-hybridized carbons (Fsp3) is 0.238. The van der Waals surface area contributed by atoms with Crippen molar-refractivity contribution >= 4 is 29.5 Å². The third-order valence-corrected chi connectivity index (χ3v) is 4.48. The van der Waals surface area contributed by atoms with Gasteiger partial charge in [-0.15, -0.1) is 0 Å². The molecule has 27 heavy (non-hydrogen) atoms. The number of carbonyl (C=O) groups excluding carboxylic acids is 2. The highest BCUT2D eigenvalue weighted by molar-refractivity contribution is 6.30. The highest BCUT2D eigenvalue weighted by Gasteiger charge is 2.19. The minimum Gasteiger partial charge on any atom is -0.376 e. The van der Waals surface area contributed by atoms with Crippen molar-refractivity contribution in [1.82, 2.24) is 10.6 Å². The first-order valence-electron chi connectivity index (χ1n) is 8.85. The minimum absolute atomic E-state index is 0.0237. The van der Waals surface area contributed by atoms with Gasteiger partial charge in [0.25, 0.3) is 11.8 Å². The van der Waals surface area contributed by atoms with Gasteiger partial charge >= 0.3 is 0 Å². The highest BCUT2D eigenvalue weighted by Crippen LogP contribution is 2.13. The van der Waals surface area contributed by atoms with E-state index in [0.717, 1.165) is 25.0 Å². The molecule has 0 bridgehead atoms. The lowest BCUT2D eigenvalue weighted by molar-refractivity contribution is -0.118. The summed E-state index contributed by atoms with van der Waals surface area (Å²) >= 11 is 5.91. The number of rotatable bonds is 6. The summed E-state index contributed by atoms with van der Waals surface area (Å²) in [6.45, 7) is 1.14. The Morgan fingerprint density at radius 1 is 1.11 bits per heavy atom. The third kappa shape index (κ3) is 5.67. The van der Waals surface area contributed by atoms with Gasteiger partial charge in [-0.25, -0.2) is 0 Å². The summed E-state index contributed by atoms with van der Waals surface area (Å²) in [7, 11) is 0. The molecule has 1 saturated heterocycles. The summed E-state index contributed by atoms with van der Waals surface area (Å²) in [6.07, 6.45) is 3.57. The fourth-order valence-electron chi connectivity index (χ4n) is 2.78. The molecule has 5 nitrogen and oxygen atoms in total. The zero-order chi connectivity index (χ0) is 19.1. The van der Waals surface area contributed by atoms with Crippen LogP contribution in [0, 0.1) is 0 Å². The lowest BCUT2D eigenvalue weighted by Crippen LogP contribution is -2.38. The number of halogens is 1. The first kappa shape index (κ1) is 19.1. The molecule has 2 aromatic carbocycles. The molecule has 140 valence electrons. The Balaban J connectivity index is 1.75. The maximum atomic E-state index is 12.7. The molecule has 0 aliphatic carbocycles. The van der Waals surface area contributed by atoms with Gasteiger partial charge < -0.3 is 15.4 Å². The van der Waals surface area contributed by atoms with Crippen LogP contribution < -0.4 is 10.6 Å². The van der Waals surface area contributed by atoms with Gasteiger partial charge in [-0.05, 0) is 48.7 Å². The van der Waals surface area contributed by atoms with Crippen molar-refractivity contribution in [3.8, 4) is 0 Å². The summed E-state index contributed by atoms with van der Waals surface area (Å²) < 4.78 is 5.53. The van der Waals surface area contributed by atoms with Crippen molar-refractivity contribution < 1.29 is 14.3 Å². The van der Waals surface area contributed by atoms with Crippen LogP contribution in [-0.2, 0) is 9.53 Å². The molecule has 2 amide bonds. The van der Waals surface area contributed by atoms with Gasteiger partial charge in [-0.1, -0.05) is 41.9 Å². The van der Waals surface area contributed by atoms with Gasteiger partial charge in [-0.3, -0.25) is 9.59 Å². The molecule has 0 radical (unpaired) electrons. The SMILES string of the molecule is O=C(NC[C@H]1CCCO1)/C(=C/c1ccc(Cl)cc1)NC(=O)c1ccccc1. The predicted octanol–water partition coefficient (Wildman–Crippen LogP) is 3.41. The fourth-order valence-corrected chi connectivity index (χ4v) is 2.90. The van der Waals surface area contributed by atoms with E-state index in [1.165, 1.54) is 0 Å². The third-order valence-electron chi connectivity index (χ3n) is 4.22. The molecular weight excluding hydrogens is 364 g/mol. The number of ether oxygens (including phenoxy) is 1.